The Kier molecular flexibility index (Phi) is 6.08. The monoisotopic (exact) mass is 216 g/mol. The summed E-state index contributed by atoms with van der Waals surface area (Å²) in [5.41, 5.74) is 0. The van der Waals surface area contributed by atoms with Crippen molar-refractivity contribution in [1.29, 1.82) is 0 Å². The van der Waals surface area contributed by atoms with E-state index in [1.807, 2.05) is 6.92 Å². The molecule has 2 N–H and O–H groups in total. The van der Waals surface area contributed by atoms with Gasteiger partial charge in [0.1, 0.15) is 0 Å². The van der Waals surface area contributed by atoms with Gasteiger partial charge in [-0.25, -0.2) is 4.79 Å². The molecule has 6 nitrogen and oxygen atoms in total. The summed E-state index contributed by atoms with van der Waals surface area (Å²) in [5, 5.41) is 10.4. The van der Waals surface area contributed by atoms with E-state index in [0.29, 0.717) is 6.54 Å². The Hall–Kier alpha value is -1.59. The first kappa shape index (κ1) is 13.4. The number of aliphatic carboxylic acids is 1. The number of amides is 3. The van der Waals surface area contributed by atoms with E-state index in [0.717, 1.165) is 6.42 Å². The maximum Gasteiger partial charge on any atom is 0.323 e. The molecule has 0 radical (unpaired) electrons. The van der Waals surface area contributed by atoms with Crippen LogP contribution in [0.5, 0.6) is 0 Å². The molecule has 0 aliphatic rings. The molecule has 0 heterocycles. The van der Waals surface area contributed by atoms with E-state index in [9.17, 15) is 14.4 Å². The highest BCUT2D eigenvalue weighted by molar-refractivity contribution is 5.95. The molecule has 0 saturated carbocycles. The second-order valence-corrected chi connectivity index (χ2v) is 3.17. The molecule has 6 heteroatoms. The molecule has 0 aromatic heterocycles. The number of hydrogen-bond acceptors (Lipinski definition) is 3. The van der Waals surface area contributed by atoms with Gasteiger partial charge in [0.2, 0.25) is 5.91 Å². The molecule has 0 aliphatic carbocycles. The fraction of sp³-hybridized carbons (Fsp3) is 0.667. The number of hydrogen-bond donors (Lipinski definition) is 2. The molecule has 0 aromatic carbocycles. The van der Waals surface area contributed by atoms with Crippen LogP contribution in [0.25, 0.3) is 0 Å². The van der Waals surface area contributed by atoms with Gasteiger partial charge >= 0.3 is 12.0 Å². The first-order chi connectivity index (χ1) is 6.97. The minimum Gasteiger partial charge on any atom is -0.481 e. The fourth-order valence-electron chi connectivity index (χ4n) is 0.935. The molecular weight excluding hydrogens is 200 g/mol. The Labute approximate surface area is 88.2 Å². The smallest absolute Gasteiger partial charge is 0.323 e. The Bertz CT molecular complexity index is 252. The maximum atomic E-state index is 11.2. The number of carboxylic acid groups (broad SMARTS) is 1. The van der Waals surface area contributed by atoms with Gasteiger partial charge in [-0.3, -0.25) is 14.9 Å². The van der Waals surface area contributed by atoms with Crippen molar-refractivity contribution in [2.24, 2.45) is 0 Å². The van der Waals surface area contributed by atoms with Gasteiger partial charge in [0, 0.05) is 20.0 Å². The average molecular weight is 216 g/mol. The third-order valence-corrected chi connectivity index (χ3v) is 1.72. The highest BCUT2D eigenvalue weighted by Crippen LogP contribution is 1.91. The maximum absolute atomic E-state index is 11.2. The number of imide groups is 1. The van der Waals surface area contributed by atoms with Crippen molar-refractivity contribution in [3.63, 3.8) is 0 Å². The second kappa shape index (κ2) is 6.80. The fourth-order valence-corrected chi connectivity index (χ4v) is 0.935. The highest BCUT2D eigenvalue weighted by Gasteiger charge is 2.12. The van der Waals surface area contributed by atoms with Crippen molar-refractivity contribution in [3.05, 3.63) is 0 Å². The number of carbonyl (C=O) groups is 3. The summed E-state index contributed by atoms with van der Waals surface area (Å²) in [6, 6.07) is -0.493. The average Bonchev–Trinajstić information content (AvgIpc) is 2.15. The number of nitrogens with one attached hydrogen (secondary N) is 1. The van der Waals surface area contributed by atoms with E-state index < -0.39 is 17.9 Å². The first-order valence-corrected chi connectivity index (χ1v) is 4.74. The first-order valence-electron chi connectivity index (χ1n) is 4.74. The Morgan fingerprint density at radius 1 is 1.27 bits per heavy atom. The molecule has 3 amide bonds. The molecule has 15 heavy (non-hydrogen) atoms. The SMILES string of the molecule is CCCN(C)C(=O)NC(=O)CCC(=O)O. The summed E-state index contributed by atoms with van der Waals surface area (Å²) in [6.07, 6.45) is 0.352. The third-order valence-electron chi connectivity index (χ3n) is 1.72. The Morgan fingerprint density at radius 3 is 2.33 bits per heavy atom. The summed E-state index contributed by atoms with van der Waals surface area (Å²) in [5.74, 6) is -1.62. The number of nitrogens with zero attached hydrogens (tertiary/aromatic N) is 1. The number of urea groups is 1. The molecule has 0 aliphatic heterocycles. The van der Waals surface area contributed by atoms with Gasteiger partial charge in [-0.2, -0.15) is 0 Å². The van der Waals surface area contributed by atoms with Crippen LogP contribution in [0.2, 0.25) is 0 Å². The van der Waals surface area contributed by atoms with Crippen LogP contribution in [-0.4, -0.2) is 41.5 Å². The van der Waals surface area contributed by atoms with Crippen molar-refractivity contribution < 1.29 is 19.5 Å². The summed E-state index contributed by atoms with van der Waals surface area (Å²) < 4.78 is 0. The van der Waals surface area contributed by atoms with Crippen molar-refractivity contribution in [2.75, 3.05) is 13.6 Å². The van der Waals surface area contributed by atoms with Crippen LogP contribution >= 0.6 is 0 Å². The molecule has 86 valence electrons. The lowest BCUT2D eigenvalue weighted by Crippen LogP contribution is -2.41. The third kappa shape index (κ3) is 6.48. The molecule has 0 saturated heterocycles. The quantitative estimate of drug-likeness (QED) is 0.697. The lowest BCUT2D eigenvalue weighted by Gasteiger charge is -2.15. The minimum atomic E-state index is -1.06. The van der Waals surface area contributed by atoms with Crippen molar-refractivity contribution in [2.45, 2.75) is 26.2 Å². The predicted molar refractivity (Wildman–Crippen MR) is 53.3 cm³/mol. The lowest BCUT2D eigenvalue weighted by molar-refractivity contribution is -0.138. The summed E-state index contributed by atoms with van der Waals surface area (Å²) in [7, 11) is 1.57. The van der Waals surface area contributed by atoms with E-state index in [2.05, 4.69) is 5.32 Å². The highest BCUT2D eigenvalue weighted by atomic mass is 16.4. The van der Waals surface area contributed by atoms with Crippen LogP contribution in [0, 0.1) is 0 Å². The van der Waals surface area contributed by atoms with Gasteiger partial charge in [-0.05, 0) is 6.42 Å². The van der Waals surface area contributed by atoms with Crippen LogP contribution in [0.15, 0.2) is 0 Å². The van der Waals surface area contributed by atoms with Gasteiger partial charge in [-0.15, -0.1) is 0 Å². The van der Waals surface area contributed by atoms with E-state index >= 15 is 0 Å². The van der Waals surface area contributed by atoms with Gasteiger partial charge in [-0.1, -0.05) is 6.92 Å². The van der Waals surface area contributed by atoms with Crippen LogP contribution in [-0.2, 0) is 9.59 Å². The largest absolute Gasteiger partial charge is 0.481 e. The molecular formula is C9H16N2O4. The van der Waals surface area contributed by atoms with Crippen molar-refractivity contribution >= 4 is 17.9 Å². The van der Waals surface area contributed by atoms with Gasteiger partial charge in [0.05, 0.1) is 6.42 Å². The summed E-state index contributed by atoms with van der Waals surface area (Å²) >= 11 is 0. The molecule has 0 aromatic rings. The normalized spacial score (nSPS) is 9.47. The predicted octanol–water partition coefficient (Wildman–Crippen LogP) is 0.429. The van der Waals surface area contributed by atoms with Crippen LogP contribution in [0.1, 0.15) is 26.2 Å². The number of carboxylic acids is 1. The zero-order valence-corrected chi connectivity index (χ0v) is 8.95. The molecule has 0 bridgehead atoms. The minimum absolute atomic E-state index is 0.180. The second-order valence-electron chi connectivity index (χ2n) is 3.17. The van der Waals surface area contributed by atoms with Crippen molar-refractivity contribution in [3.8, 4) is 0 Å². The lowest BCUT2D eigenvalue weighted by atomic mass is 10.3. The Balaban J connectivity index is 3.85. The molecule has 0 atom stereocenters. The van der Waals surface area contributed by atoms with Crippen molar-refractivity contribution in [1.82, 2.24) is 10.2 Å². The molecule has 0 unspecified atom stereocenters. The van der Waals surface area contributed by atoms with Crippen LogP contribution in [0.4, 0.5) is 4.79 Å². The summed E-state index contributed by atoms with van der Waals surface area (Å²) in [4.78, 5) is 33.8. The Morgan fingerprint density at radius 2 is 1.87 bits per heavy atom. The van der Waals surface area contributed by atoms with Crippen LogP contribution < -0.4 is 5.32 Å². The van der Waals surface area contributed by atoms with Crippen LogP contribution in [0.3, 0.4) is 0 Å². The van der Waals surface area contributed by atoms with E-state index in [1.54, 1.807) is 7.05 Å². The zero-order valence-electron chi connectivity index (χ0n) is 8.95. The molecule has 0 rings (SSSR count). The van der Waals surface area contributed by atoms with Gasteiger partial charge in [0.25, 0.3) is 0 Å². The van der Waals surface area contributed by atoms with Gasteiger partial charge in [0.15, 0.2) is 0 Å². The van der Waals surface area contributed by atoms with Gasteiger partial charge < -0.3 is 10.0 Å². The van der Waals surface area contributed by atoms with E-state index in [4.69, 9.17) is 5.11 Å². The summed E-state index contributed by atoms with van der Waals surface area (Å²) in [6.45, 7) is 2.47. The zero-order chi connectivity index (χ0) is 11.8. The standard InChI is InChI=1S/C9H16N2O4/c1-3-6-11(2)9(15)10-7(12)4-5-8(13)14/h3-6H2,1-2H3,(H,13,14)(H,10,12,15). The number of rotatable bonds is 5. The number of carbonyl (C=O) groups excluding carboxylic acids is 2. The van der Waals surface area contributed by atoms with E-state index in [1.165, 1.54) is 4.90 Å². The topological polar surface area (TPSA) is 86.7 Å². The molecule has 0 spiro atoms. The van der Waals surface area contributed by atoms with E-state index in [-0.39, 0.29) is 12.8 Å². The molecule has 0 fully saturated rings.